The van der Waals surface area contributed by atoms with Gasteiger partial charge >= 0.3 is 0 Å². The molecule has 1 saturated heterocycles. The first-order valence-corrected chi connectivity index (χ1v) is 8.18. The lowest BCUT2D eigenvalue weighted by Crippen LogP contribution is -2.54. The lowest BCUT2D eigenvalue weighted by Gasteiger charge is -2.31. The van der Waals surface area contributed by atoms with E-state index >= 15 is 0 Å². The molecule has 8 heteroatoms. The fourth-order valence-corrected chi connectivity index (χ4v) is 2.73. The number of halogens is 1. The third kappa shape index (κ3) is 4.01. The minimum Gasteiger partial charge on any atom is -0.459 e. The quantitative estimate of drug-likeness (QED) is 0.774. The van der Waals surface area contributed by atoms with Crippen molar-refractivity contribution in [3.63, 3.8) is 0 Å². The van der Waals surface area contributed by atoms with E-state index in [0.717, 1.165) is 0 Å². The molecular weight excluding hydrogens is 346 g/mol. The molecule has 7 nitrogen and oxygen atoms in total. The number of hydrogen-bond donors (Lipinski definition) is 3. The van der Waals surface area contributed by atoms with Gasteiger partial charge in [0.2, 0.25) is 5.91 Å². The Morgan fingerprint density at radius 2 is 1.92 bits per heavy atom. The van der Waals surface area contributed by atoms with Crippen molar-refractivity contribution in [3.8, 4) is 0 Å². The number of anilines is 2. The van der Waals surface area contributed by atoms with E-state index in [1.54, 1.807) is 30.3 Å². The van der Waals surface area contributed by atoms with Crippen molar-refractivity contribution in [2.75, 3.05) is 23.8 Å². The molecule has 2 aromatic rings. The molecule has 1 aromatic heterocycles. The minimum absolute atomic E-state index is 0.179. The third-order valence-corrected chi connectivity index (χ3v) is 4.37. The third-order valence-electron chi connectivity index (χ3n) is 4.06. The van der Waals surface area contributed by atoms with Crippen molar-refractivity contribution < 1.29 is 18.7 Å². The molecule has 3 rings (SSSR count). The molecule has 0 saturated carbocycles. The van der Waals surface area contributed by atoms with Gasteiger partial charge in [-0.2, -0.15) is 0 Å². The van der Waals surface area contributed by atoms with E-state index in [1.807, 2.05) is 0 Å². The van der Waals surface area contributed by atoms with Gasteiger partial charge in [-0.1, -0.05) is 11.6 Å². The Morgan fingerprint density at radius 3 is 2.56 bits per heavy atom. The van der Waals surface area contributed by atoms with E-state index in [9.17, 15) is 9.59 Å². The zero-order valence-corrected chi connectivity index (χ0v) is 14.1. The minimum atomic E-state index is -0.948. The van der Waals surface area contributed by atoms with Crippen LogP contribution in [-0.2, 0) is 9.53 Å². The first kappa shape index (κ1) is 17.5. The molecule has 132 valence electrons. The normalized spacial score (nSPS) is 16.2. The summed E-state index contributed by atoms with van der Waals surface area (Å²) in [6.07, 6.45) is 2.34. The molecule has 0 bridgehead atoms. The summed E-state index contributed by atoms with van der Waals surface area (Å²) in [6, 6.07) is 7.97. The molecule has 4 N–H and O–H groups in total. The molecule has 0 aliphatic carbocycles. The zero-order chi connectivity index (χ0) is 17.9. The standard InChI is InChI=1S/C17H18ClN3O4/c18-12-10-11(20-16(23)17(19)5-8-24-9-6-17)3-4-13(12)21-15(22)14-2-1-7-25-14/h1-4,7,10H,5-6,8-9,19H2,(H,20,23)(H,21,22). The Labute approximate surface area is 149 Å². The number of nitrogens with one attached hydrogen (secondary N) is 2. The second-order valence-electron chi connectivity index (χ2n) is 5.85. The molecule has 1 aliphatic rings. The first-order valence-electron chi connectivity index (χ1n) is 7.80. The van der Waals surface area contributed by atoms with E-state index in [-0.39, 0.29) is 16.7 Å². The van der Waals surface area contributed by atoms with Gasteiger partial charge in [-0.25, -0.2) is 0 Å². The highest BCUT2D eigenvalue weighted by molar-refractivity contribution is 6.34. The van der Waals surface area contributed by atoms with Gasteiger partial charge in [0.25, 0.3) is 5.91 Å². The van der Waals surface area contributed by atoms with Crippen molar-refractivity contribution in [1.29, 1.82) is 0 Å². The van der Waals surface area contributed by atoms with Crippen molar-refractivity contribution in [2.24, 2.45) is 5.73 Å². The highest BCUT2D eigenvalue weighted by atomic mass is 35.5. The lowest BCUT2D eigenvalue weighted by atomic mass is 9.90. The van der Waals surface area contributed by atoms with Gasteiger partial charge in [-0.15, -0.1) is 0 Å². The Hall–Kier alpha value is -2.35. The van der Waals surface area contributed by atoms with Crippen LogP contribution in [0.15, 0.2) is 41.0 Å². The molecule has 0 spiro atoms. The summed E-state index contributed by atoms with van der Waals surface area (Å²) in [5.74, 6) is -0.510. The summed E-state index contributed by atoms with van der Waals surface area (Å²) in [5, 5.41) is 5.70. The molecule has 25 heavy (non-hydrogen) atoms. The molecule has 0 radical (unpaired) electrons. The van der Waals surface area contributed by atoms with Gasteiger partial charge in [0, 0.05) is 18.9 Å². The summed E-state index contributed by atoms with van der Waals surface area (Å²) in [6.45, 7) is 0.921. The monoisotopic (exact) mass is 363 g/mol. The van der Waals surface area contributed by atoms with Crippen LogP contribution in [0, 0.1) is 0 Å². The van der Waals surface area contributed by atoms with Crippen LogP contribution in [0.2, 0.25) is 5.02 Å². The number of furan rings is 1. The Bertz CT molecular complexity index is 770. The van der Waals surface area contributed by atoms with Crippen LogP contribution in [-0.4, -0.2) is 30.6 Å². The van der Waals surface area contributed by atoms with Crippen molar-refractivity contribution in [1.82, 2.24) is 0 Å². The summed E-state index contributed by atoms with van der Waals surface area (Å²) in [7, 11) is 0. The molecular formula is C17H18ClN3O4. The van der Waals surface area contributed by atoms with Crippen LogP contribution >= 0.6 is 11.6 Å². The summed E-state index contributed by atoms with van der Waals surface area (Å²) < 4.78 is 10.3. The lowest BCUT2D eigenvalue weighted by molar-refractivity contribution is -0.124. The van der Waals surface area contributed by atoms with E-state index in [0.29, 0.717) is 37.4 Å². The number of benzene rings is 1. The van der Waals surface area contributed by atoms with Crippen LogP contribution < -0.4 is 16.4 Å². The van der Waals surface area contributed by atoms with Gasteiger partial charge in [0.05, 0.1) is 17.0 Å². The van der Waals surface area contributed by atoms with Gasteiger partial charge in [0.1, 0.15) is 5.54 Å². The maximum Gasteiger partial charge on any atom is 0.291 e. The van der Waals surface area contributed by atoms with E-state index in [1.165, 1.54) is 6.26 Å². The molecule has 0 atom stereocenters. The second-order valence-corrected chi connectivity index (χ2v) is 6.26. The molecule has 1 aromatic carbocycles. The number of rotatable bonds is 4. The fourth-order valence-electron chi connectivity index (χ4n) is 2.50. The number of carbonyl (C=O) groups is 2. The smallest absolute Gasteiger partial charge is 0.291 e. The number of nitrogens with two attached hydrogens (primary N) is 1. The Balaban J connectivity index is 1.67. The van der Waals surface area contributed by atoms with Crippen LogP contribution in [0.5, 0.6) is 0 Å². The molecule has 2 amide bonds. The molecule has 0 unspecified atom stereocenters. The second kappa shape index (κ2) is 7.26. The van der Waals surface area contributed by atoms with Gasteiger partial charge in [-0.3, -0.25) is 9.59 Å². The van der Waals surface area contributed by atoms with Crippen LogP contribution in [0.1, 0.15) is 23.4 Å². The maximum absolute atomic E-state index is 12.4. The number of ether oxygens (including phenoxy) is 1. The Kier molecular flexibility index (Phi) is 5.08. The Morgan fingerprint density at radius 1 is 1.16 bits per heavy atom. The average molecular weight is 364 g/mol. The molecule has 2 heterocycles. The van der Waals surface area contributed by atoms with Crippen LogP contribution in [0.4, 0.5) is 11.4 Å². The van der Waals surface area contributed by atoms with Crippen LogP contribution in [0.25, 0.3) is 0 Å². The van der Waals surface area contributed by atoms with E-state index < -0.39 is 11.4 Å². The van der Waals surface area contributed by atoms with E-state index in [2.05, 4.69) is 10.6 Å². The largest absolute Gasteiger partial charge is 0.459 e. The van der Waals surface area contributed by atoms with E-state index in [4.69, 9.17) is 26.5 Å². The highest BCUT2D eigenvalue weighted by Crippen LogP contribution is 2.27. The van der Waals surface area contributed by atoms with Gasteiger partial charge < -0.3 is 25.5 Å². The summed E-state index contributed by atoms with van der Waals surface area (Å²) >= 11 is 6.19. The maximum atomic E-state index is 12.4. The summed E-state index contributed by atoms with van der Waals surface area (Å²) in [4.78, 5) is 24.4. The first-order chi connectivity index (χ1) is 12.0. The number of amides is 2. The van der Waals surface area contributed by atoms with Crippen molar-refractivity contribution >= 4 is 34.8 Å². The topological polar surface area (TPSA) is 107 Å². The SMILES string of the molecule is NC1(C(=O)Nc2ccc(NC(=O)c3ccco3)c(Cl)c2)CCOCC1. The van der Waals surface area contributed by atoms with Gasteiger partial charge in [0.15, 0.2) is 5.76 Å². The number of carbonyl (C=O) groups excluding carboxylic acids is 2. The van der Waals surface area contributed by atoms with Crippen molar-refractivity contribution in [2.45, 2.75) is 18.4 Å². The predicted octanol–water partition coefficient (Wildman–Crippen LogP) is 2.63. The molecule has 1 aliphatic heterocycles. The predicted molar refractivity (Wildman–Crippen MR) is 93.7 cm³/mol. The zero-order valence-electron chi connectivity index (χ0n) is 13.4. The fraction of sp³-hybridized carbons (Fsp3) is 0.294. The van der Waals surface area contributed by atoms with Crippen molar-refractivity contribution in [3.05, 3.63) is 47.4 Å². The number of hydrogen-bond acceptors (Lipinski definition) is 5. The average Bonchev–Trinajstić information content (AvgIpc) is 3.12. The van der Waals surface area contributed by atoms with Crippen LogP contribution in [0.3, 0.4) is 0 Å². The van der Waals surface area contributed by atoms with Gasteiger partial charge in [-0.05, 0) is 43.2 Å². The molecule has 1 fully saturated rings. The summed E-state index contributed by atoms with van der Waals surface area (Å²) in [5.41, 5.74) is 6.11. The highest BCUT2D eigenvalue weighted by Gasteiger charge is 2.35.